The Labute approximate surface area is 161 Å². The van der Waals surface area contributed by atoms with Crippen LogP contribution >= 0.6 is 0 Å². The van der Waals surface area contributed by atoms with Crippen molar-refractivity contribution in [1.29, 1.82) is 0 Å². The molecule has 4 aliphatic rings. The Balaban J connectivity index is 1.49. The third kappa shape index (κ3) is 2.68. The van der Waals surface area contributed by atoms with E-state index in [4.69, 9.17) is 14.0 Å². The molecule has 0 aromatic heterocycles. The summed E-state index contributed by atoms with van der Waals surface area (Å²) in [5.41, 5.74) is 2.87. The molecule has 1 spiro atoms. The zero-order valence-electron chi connectivity index (χ0n) is 16.5. The first-order chi connectivity index (χ1) is 12.9. The van der Waals surface area contributed by atoms with E-state index in [0.29, 0.717) is 19.1 Å². The molecule has 3 unspecified atom stereocenters. The van der Waals surface area contributed by atoms with Crippen LogP contribution in [0.3, 0.4) is 0 Å². The van der Waals surface area contributed by atoms with E-state index in [2.05, 4.69) is 39.0 Å². The van der Waals surface area contributed by atoms with Gasteiger partial charge in [0, 0.05) is 25.2 Å². The van der Waals surface area contributed by atoms with Gasteiger partial charge in [0.05, 0.1) is 11.1 Å². The number of rotatable bonds is 2. The van der Waals surface area contributed by atoms with E-state index in [9.17, 15) is 4.79 Å². The van der Waals surface area contributed by atoms with Crippen molar-refractivity contribution < 1.29 is 18.8 Å². The van der Waals surface area contributed by atoms with E-state index in [0.717, 1.165) is 49.0 Å². The molecule has 1 aromatic rings. The average molecular weight is 369 g/mol. The molecule has 144 valence electrons. The minimum atomic E-state index is -0.361. The monoisotopic (exact) mass is 369 g/mol. The summed E-state index contributed by atoms with van der Waals surface area (Å²) in [5, 5.41) is 0. The fourth-order valence-electron chi connectivity index (χ4n) is 4.90. The summed E-state index contributed by atoms with van der Waals surface area (Å²) in [5.74, 6) is 0.598. The molecular formula is C21H28BNO4. The summed E-state index contributed by atoms with van der Waals surface area (Å²) < 4.78 is 17.9. The summed E-state index contributed by atoms with van der Waals surface area (Å²) in [6.45, 7) is 8.56. The Hall–Kier alpha value is -1.37. The summed E-state index contributed by atoms with van der Waals surface area (Å²) in [6.07, 6.45) is 3.92. The van der Waals surface area contributed by atoms with Crippen molar-refractivity contribution in [2.45, 2.75) is 58.1 Å². The van der Waals surface area contributed by atoms with Crippen LogP contribution in [0.4, 0.5) is 5.69 Å². The van der Waals surface area contributed by atoms with Crippen LogP contribution in [-0.2, 0) is 24.3 Å². The molecule has 0 radical (unpaired) electrons. The van der Waals surface area contributed by atoms with Crippen LogP contribution in [0.1, 0.15) is 52.0 Å². The lowest BCUT2D eigenvalue weighted by atomic mass is 9.74. The molecule has 3 fully saturated rings. The quantitative estimate of drug-likeness (QED) is 0.752. The topological polar surface area (TPSA) is 48.0 Å². The van der Waals surface area contributed by atoms with Gasteiger partial charge in [0.1, 0.15) is 6.23 Å². The van der Waals surface area contributed by atoms with E-state index in [1.165, 1.54) is 0 Å². The number of hydrogen-bond donors (Lipinski definition) is 0. The number of anilines is 1. The second kappa shape index (κ2) is 6.06. The number of hydrogen-bond acceptors (Lipinski definition) is 4. The Morgan fingerprint density at radius 2 is 1.93 bits per heavy atom. The van der Waals surface area contributed by atoms with Gasteiger partial charge < -0.3 is 14.0 Å². The van der Waals surface area contributed by atoms with Gasteiger partial charge in [-0.1, -0.05) is 32.9 Å². The maximum Gasteiger partial charge on any atom is 0.493 e. The molecule has 0 N–H and O–H groups in total. The highest BCUT2D eigenvalue weighted by atomic mass is 16.6. The predicted octanol–water partition coefficient (Wildman–Crippen LogP) is 2.61. The number of benzene rings is 1. The molecule has 3 aliphatic heterocycles. The number of nitrogens with zero attached hydrogens (tertiary/aromatic N) is 1. The summed E-state index contributed by atoms with van der Waals surface area (Å²) in [6, 6.07) is 6.28. The third-order valence-corrected chi connectivity index (χ3v) is 6.64. The molecular weight excluding hydrogens is 341 g/mol. The van der Waals surface area contributed by atoms with Crippen molar-refractivity contribution in [2.75, 3.05) is 24.7 Å². The maximum absolute atomic E-state index is 13.4. The van der Waals surface area contributed by atoms with Gasteiger partial charge in [-0.2, -0.15) is 0 Å². The Morgan fingerprint density at radius 3 is 2.56 bits per heavy atom. The van der Waals surface area contributed by atoms with Crippen LogP contribution in [0.2, 0.25) is 0 Å². The predicted molar refractivity (Wildman–Crippen MR) is 104 cm³/mol. The van der Waals surface area contributed by atoms with Gasteiger partial charge in [-0.25, -0.2) is 0 Å². The standard InChI is InChI=1S/C21H28BNO4/c1-14-11-21(14)16-10-15(22-26-12-20(2,3)13-27-22)7-8-17(16)23(19(21)24)18-6-4-5-9-25-18/h7-8,10,14,18H,4-6,9,11-13H2,1-3H3. The lowest BCUT2D eigenvalue weighted by Gasteiger charge is -2.33. The van der Waals surface area contributed by atoms with Crippen molar-refractivity contribution in [3.8, 4) is 0 Å². The molecule has 1 saturated carbocycles. The van der Waals surface area contributed by atoms with E-state index >= 15 is 0 Å². The third-order valence-electron chi connectivity index (χ3n) is 6.64. The van der Waals surface area contributed by atoms with Crippen molar-refractivity contribution >= 4 is 24.2 Å². The summed E-state index contributed by atoms with van der Waals surface area (Å²) in [4.78, 5) is 15.4. The SMILES string of the molecule is CC1CC12C(=O)N(C1CCCCO1)c1ccc(B3OCC(C)(C)CO3)cc12. The Kier molecular flexibility index (Phi) is 3.98. The van der Waals surface area contributed by atoms with E-state index in [1.807, 2.05) is 4.90 Å². The van der Waals surface area contributed by atoms with Crippen LogP contribution in [0.25, 0.3) is 0 Å². The lowest BCUT2D eigenvalue weighted by Crippen LogP contribution is -2.47. The normalized spacial score (nSPS) is 34.9. The zero-order chi connectivity index (χ0) is 18.8. The molecule has 5 nitrogen and oxygen atoms in total. The van der Waals surface area contributed by atoms with E-state index < -0.39 is 0 Å². The summed E-state index contributed by atoms with van der Waals surface area (Å²) >= 11 is 0. The van der Waals surface area contributed by atoms with Crippen LogP contribution in [0.5, 0.6) is 0 Å². The molecule has 1 aromatic carbocycles. The van der Waals surface area contributed by atoms with Gasteiger partial charge in [-0.15, -0.1) is 0 Å². The molecule has 1 aliphatic carbocycles. The molecule has 6 heteroatoms. The number of carbonyl (C=O) groups is 1. The molecule has 3 heterocycles. The highest BCUT2D eigenvalue weighted by Crippen LogP contribution is 2.61. The highest BCUT2D eigenvalue weighted by Gasteiger charge is 2.65. The second-order valence-corrected chi connectivity index (χ2v) is 9.47. The first-order valence-electron chi connectivity index (χ1n) is 10.3. The van der Waals surface area contributed by atoms with E-state index in [-0.39, 0.29) is 30.1 Å². The first-order valence-corrected chi connectivity index (χ1v) is 10.3. The largest absolute Gasteiger partial charge is 0.493 e. The maximum atomic E-state index is 13.4. The van der Waals surface area contributed by atoms with Gasteiger partial charge >= 0.3 is 7.12 Å². The molecule has 3 atom stereocenters. The van der Waals surface area contributed by atoms with Crippen LogP contribution in [0.15, 0.2) is 18.2 Å². The number of fused-ring (bicyclic) bond motifs is 2. The van der Waals surface area contributed by atoms with Gasteiger partial charge in [0.25, 0.3) is 0 Å². The van der Waals surface area contributed by atoms with Crippen molar-refractivity contribution in [3.05, 3.63) is 23.8 Å². The zero-order valence-corrected chi connectivity index (χ0v) is 16.5. The fraction of sp³-hybridized carbons (Fsp3) is 0.667. The number of ether oxygens (including phenoxy) is 1. The van der Waals surface area contributed by atoms with Gasteiger partial charge in [0.15, 0.2) is 0 Å². The van der Waals surface area contributed by atoms with Gasteiger partial charge in [-0.05, 0) is 48.7 Å². The summed E-state index contributed by atoms with van der Waals surface area (Å²) in [7, 11) is -0.343. The minimum Gasteiger partial charge on any atom is -0.407 e. The second-order valence-electron chi connectivity index (χ2n) is 9.47. The van der Waals surface area contributed by atoms with Gasteiger partial charge in [0.2, 0.25) is 5.91 Å². The highest BCUT2D eigenvalue weighted by molar-refractivity contribution is 6.61. The van der Waals surface area contributed by atoms with Crippen LogP contribution in [0, 0.1) is 11.3 Å². The molecule has 1 amide bonds. The van der Waals surface area contributed by atoms with Crippen molar-refractivity contribution in [3.63, 3.8) is 0 Å². The van der Waals surface area contributed by atoms with E-state index in [1.54, 1.807) is 0 Å². The molecule has 27 heavy (non-hydrogen) atoms. The smallest absolute Gasteiger partial charge is 0.407 e. The minimum absolute atomic E-state index is 0.0462. The van der Waals surface area contributed by atoms with Gasteiger partial charge in [-0.3, -0.25) is 9.69 Å². The molecule has 2 saturated heterocycles. The Morgan fingerprint density at radius 1 is 1.19 bits per heavy atom. The number of carbonyl (C=O) groups excluding carboxylic acids is 1. The fourth-order valence-corrected chi connectivity index (χ4v) is 4.90. The van der Waals surface area contributed by atoms with Crippen LogP contribution in [-0.4, -0.2) is 39.1 Å². The molecule has 0 bridgehead atoms. The lowest BCUT2D eigenvalue weighted by molar-refractivity contribution is -0.124. The number of amides is 1. The average Bonchev–Trinajstić information content (AvgIpc) is 3.28. The van der Waals surface area contributed by atoms with Crippen LogP contribution < -0.4 is 10.4 Å². The van der Waals surface area contributed by atoms with Crippen molar-refractivity contribution in [1.82, 2.24) is 0 Å². The Bertz CT molecular complexity index is 765. The molecule has 5 rings (SSSR count). The van der Waals surface area contributed by atoms with Crippen molar-refractivity contribution in [2.24, 2.45) is 11.3 Å². The first kappa shape index (κ1) is 17.7.